The molecule has 0 radical (unpaired) electrons. The molecule has 0 amide bonds. The molecule has 0 saturated heterocycles. The second-order valence-electron chi connectivity index (χ2n) is 5.10. The molecule has 7 heteroatoms. The van der Waals surface area contributed by atoms with Gasteiger partial charge in [0, 0.05) is 19.2 Å². The summed E-state index contributed by atoms with van der Waals surface area (Å²) in [5, 5.41) is 0.179. The van der Waals surface area contributed by atoms with Crippen LogP contribution in [0.4, 0.5) is 0 Å². The van der Waals surface area contributed by atoms with Crippen LogP contribution in [-0.2, 0) is 21.3 Å². The van der Waals surface area contributed by atoms with E-state index in [9.17, 15) is 8.42 Å². The molecule has 0 bridgehead atoms. The maximum absolute atomic E-state index is 12.5. The first-order valence-electron chi connectivity index (χ1n) is 6.90. The van der Waals surface area contributed by atoms with Crippen molar-refractivity contribution in [2.24, 2.45) is 11.7 Å². The Morgan fingerprint density at radius 1 is 1.38 bits per heavy atom. The monoisotopic (exact) mass is 334 g/mol. The fourth-order valence-electron chi connectivity index (χ4n) is 1.75. The predicted octanol–water partition coefficient (Wildman–Crippen LogP) is 2.14. The highest BCUT2D eigenvalue weighted by Crippen LogP contribution is 2.23. The van der Waals surface area contributed by atoms with Gasteiger partial charge in [-0.15, -0.1) is 0 Å². The van der Waals surface area contributed by atoms with Crippen LogP contribution < -0.4 is 10.5 Å². The van der Waals surface area contributed by atoms with E-state index in [-0.39, 0.29) is 28.4 Å². The summed E-state index contributed by atoms with van der Waals surface area (Å²) in [5.41, 5.74) is 6.26. The minimum atomic E-state index is -3.72. The third-order valence-electron chi connectivity index (χ3n) is 3.13. The van der Waals surface area contributed by atoms with Crippen molar-refractivity contribution in [1.82, 2.24) is 4.72 Å². The molecule has 0 spiro atoms. The summed E-state index contributed by atoms with van der Waals surface area (Å²) in [6.45, 7) is 6.85. The van der Waals surface area contributed by atoms with E-state index in [2.05, 4.69) is 4.72 Å². The lowest BCUT2D eigenvalue weighted by Crippen LogP contribution is -2.41. The van der Waals surface area contributed by atoms with Gasteiger partial charge in [0.25, 0.3) is 0 Å². The predicted molar refractivity (Wildman–Crippen MR) is 84.8 cm³/mol. The second-order valence-corrected chi connectivity index (χ2v) is 7.19. The number of hydrogen-bond donors (Lipinski definition) is 2. The SMILES string of the molecule is CCOCC(NS(=O)(=O)c1cc(CN)ccc1Cl)C(C)C. The number of nitrogens with one attached hydrogen (secondary N) is 1. The molecule has 1 aromatic carbocycles. The van der Waals surface area contributed by atoms with Gasteiger partial charge in [0.2, 0.25) is 10.0 Å². The Hall–Kier alpha value is -0.660. The fourth-order valence-corrected chi connectivity index (χ4v) is 3.67. The summed E-state index contributed by atoms with van der Waals surface area (Å²) in [4.78, 5) is 0.0502. The van der Waals surface area contributed by atoms with Crippen molar-refractivity contribution in [3.8, 4) is 0 Å². The van der Waals surface area contributed by atoms with E-state index < -0.39 is 10.0 Å². The molecule has 1 rings (SSSR count). The fraction of sp³-hybridized carbons (Fsp3) is 0.571. The summed E-state index contributed by atoms with van der Waals surface area (Å²) >= 11 is 6.01. The van der Waals surface area contributed by atoms with Crippen molar-refractivity contribution in [1.29, 1.82) is 0 Å². The molecule has 0 aliphatic heterocycles. The van der Waals surface area contributed by atoms with Crippen LogP contribution in [0.3, 0.4) is 0 Å². The van der Waals surface area contributed by atoms with Gasteiger partial charge >= 0.3 is 0 Å². The molecule has 0 heterocycles. The van der Waals surface area contributed by atoms with Gasteiger partial charge < -0.3 is 10.5 Å². The summed E-state index contributed by atoms with van der Waals surface area (Å²) in [6.07, 6.45) is 0. The van der Waals surface area contributed by atoms with Gasteiger partial charge in [0.05, 0.1) is 11.6 Å². The van der Waals surface area contributed by atoms with E-state index in [1.165, 1.54) is 6.07 Å². The highest BCUT2D eigenvalue weighted by Gasteiger charge is 2.24. The van der Waals surface area contributed by atoms with E-state index in [4.69, 9.17) is 22.1 Å². The Morgan fingerprint density at radius 3 is 2.57 bits per heavy atom. The van der Waals surface area contributed by atoms with Gasteiger partial charge in [0.1, 0.15) is 4.90 Å². The van der Waals surface area contributed by atoms with E-state index in [1.807, 2.05) is 20.8 Å². The molecule has 120 valence electrons. The lowest BCUT2D eigenvalue weighted by atomic mass is 10.1. The zero-order valence-electron chi connectivity index (χ0n) is 12.6. The van der Waals surface area contributed by atoms with Gasteiger partial charge in [-0.25, -0.2) is 13.1 Å². The first kappa shape index (κ1) is 18.4. The maximum atomic E-state index is 12.5. The van der Waals surface area contributed by atoms with Gasteiger partial charge in [-0.1, -0.05) is 31.5 Å². The van der Waals surface area contributed by atoms with Crippen molar-refractivity contribution in [2.45, 2.75) is 38.3 Å². The molecule has 1 aromatic rings. The molecule has 0 aliphatic rings. The first-order chi connectivity index (χ1) is 9.81. The third-order valence-corrected chi connectivity index (χ3v) is 5.11. The van der Waals surface area contributed by atoms with E-state index in [1.54, 1.807) is 12.1 Å². The van der Waals surface area contributed by atoms with Crippen molar-refractivity contribution < 1.29 is 13.2 Å². The van der Waals surface area contributed by atoms with Crippen molar-refractivity contribution in [3.05, 3.63) is 28.8 Å². The molecule has 0 aliphatic carbocycles. The molecule has 0 fully saturated rings. The minimum absolute atomic E-state index is 0.0502. The lowest BCUT2D eigenvalue weighted by Gasteiger charge is -2.22. The maximum Gasteiger partial charge on any atom is 0.242 e. The van der Waals surface area contributed by atoms with Crippen LogP contribution in [0.1, 0.15) is 26.3 Å². The number of sulfonamides is 1. The molecular formula is C14H23ClN2O3S. The summed E-state index contributed by atoms with van der Waals surface area (Å²) < 4.78 is 33.0. The van der Waals surface area contributed by atoms with Gasteiger partial charge in [-0.3, -0.25) is 0 Å². The van der Waals surface area contributed by atoms with E-state index in [0.29, 0.717) is 18.8 Å². The average Bonchev–Trinajstić information content (AvgIpc) is 2.43. The standard InChI is InChI=1S/C14H23ClN2O3S/c1-4-20-9-13(10(2)3)17-21(18,19)14-7-11(8-16)5-6-12(14)15/h5-7,10,13,17H,4,8-9,16H2,1-3H3. The zero-order valence-corrected chi connectivity index (χ0v) is 14.2. The number of benzene rings is 1. The average molecular weight is 335 g/mol. The van der Waals surface area contributed by atoms with Crippen molar-refractivity contribution in [3.63, 3.8) is 0 Å². The quantitative estimate of drug-likeness (QED) is 0.763. The largest absolute Gasteiger partial charge is 0.380 e. The normalized spacial score (nSPS) is 13.6. The molecule has 3 N–H and O–H groups in total. The molecule has 0 aromatic heterocycles. The number of hydrogen-bond acceptors (Lipinski definition) is 4. The van der Waals surface area contributed by atoms with Crippen LogP contribution in [0.2, 0.25) is 5.02 Å². The van der Waals surface area contributed by atoms with Gasteiger partial charge in [-0.05, 0) is 30.5 Å². The number of halogens is 1. The Morgan fingerprint density at radius 2 is 2.05 bits per heavy atom. The van der Waals surface area contributed by atoms with E-state index in [0.717, 1.165) is 0 Å². The van der Waals surface area contributed by atoms with Crippen molar-refractivity contribution >= 4 is 21.6 Å². The summed E-state index contributed by atoms with van der Waals surface area (Å²) in [7, 11) is -3.72. The number of nitrogens with two attached hydrogens (primary N) is 1. The van der Waals surface area contributed by atoms with Crippen LogP contribution >= 0.6 is 11.6 Å². The summed E-state index contributed by atoms with van der Waals surface area (Å²) in [6, 6.07) is 4.45. The first-order valence-corrected chi connectivity index (χ1v) is 8.76. The van der Waals surface area contributed by atoms with Crippen LogP contribution in [0, 0.1) is 5.92 Å². The topological polar surface area (TPSA) is 81.4 Å². The molecule has 1 unspecified atom stereocenters. The molecule has 0 saturated carbocycles. The van der Waals surface area contributed by atoms with E-state index >= 15 is 0 Å². The van der Waals surface area contributed by atoms with Crippen LogP contribution in [0.25, 0.3) is 0 Å². The second kappa shape index (κ2) is 8.10. The number of rotatable bonds is 8. The summed E-state index contributed by atoms with van der Waals surface area (Å²) in [5.74, 6) is 0.0998. The highest BCUT2D eigenvalue weighted by atomic mass is 35.5. The van der Waals surface area contributed by atoms with Crippen LogP contribution in [0.15, 0.2) is 23.1 Å². The smallest absolute Gasteiger partial charge is 0.242 e. The third kappa shape index (κ3) is 5.23. The van der Waals surface area contributed by atoms with Gasteiger partial charge in [0.15, 0.2) is 0 Å². The molecular weight excluding hydrogens is 312 g/mol. The zero-order chi connectivity index (χ0) is 16.0. The Kier molecular flexibility index (Phi) is 7.09. The molecule has 21 heavy (non-hydrogen) atoms. The van der Waals surface area contributed by atoms with Crippen LogP contribution in [-0.4, -0.2) is 27.7 Å². The van der Waals surface area contributed by atoms with Crippen LogP contribution in [0.5, 0.6) is 0 Å². The molecule has 5 nitrogen and oxygen atoms in total. The highest BCUT2D eigenvalue weighted by molar-refractivity contribution is 7.89. The van der Waals surface area contributed by atoms with Crippen molar-refractivity contribution in [2.75, 3.05) is 13.2 Å². The minimum Gasteiger partial charge on any atom is -0.380 e. The Balaban J connectivity index is 3.04. The molecule has 1 atom stereocenters. The Labute approximate surface area is 131 Å². The number of ether oxygens (including phenoxy) is 1. The Bertz CT molecular complexity index is 561. The lowest BCUT2D eigenvalue weighted by molar-refractivity contribution is 0.116. The van der Waals surface area contributed by atoms with Gasteiger partial charge in [-0.2, -0.15) is 0 Å².